The van der Waals surface area contributed by atoms with Crippen LogP contribution < -0.4 is 16.0 Å². The lowest BCUT2D eigenvalue weighted by atomic mass is 10.1. The van der Waals surface area contributed by atoms with Crippen molar-refractivity contribution in [2.75, 3.05) is 16.0 Å². The van der Waals surface area contributed by atoms with Gasteiger partial charge < -0.3 is 16.0 Å². The Labute approximate surface area is 230 Å². The lowest BCUT2D eigenvalue weighted by Crippen LogP contribution is -2.24. The van der Waals surface area contributed by atoms with Gasteiger partial charge in [0.25, 0.3) is 0 Å². The molecule has 3 N–H and O–H groups in total. The van der Waals surface area contributed by atoms with E-state index >= 15 is 0 Å². The zero-order valence-electron chi connectivity index (χ0n) is 20.4. The zero-order chi connectivity index (χ0) is 26.2. The minimum absolute atomic E-state index is 0.125. The number of hydrogen-bond acceptors (Lipinski definition) is 5. The average Bonchev–Trinajstić information content (AvgIpc) is 3.31. The molecule has 5 nitrogen and oxygen atoms in total. The number of carbonyl (C=O) groups excluding carboxylic acids is 1. The molecule has 8 heteroatoms. The van der Waals surface area contributed by atoms with Crippen molar-refractivity contribution in [1.82, 2.24) is 0 Å². The number of thioether (sulfide) groups is 1. The van der Waals surface area contributed by atoms with Crippen molar-refractivity contribution in [3.63, 3.8) is 0 Å². The molecule has 0 radical (unpaired) electrons. The van der Waals surface area contributed by atoms with E-state index in [0.29, 0.717) is 22.1 Å². The van der Waals surface area contributed by atoms with Gasteiger partial charge in [-0.15, -0.1) is 23.1 Å². The standard InChI is InChI=1S/C29H26N4OS3/c1-3-26(27(34)33-28-24(17-30)25(18-36-28)20-8-5-4-6-9-20)37-23-11-7-10-22(16-23)32-29(35)31-21-14-12-19(2)13-15-21/h4-16,18,26H,3H2,1-2H3,(H,33,34)(H2,31,32,35). The largest absolute Gasteiger partial charge is 0.332 e. The molecule has 0 aliphatic heterocycles. The van der Waals surface area contributed by atoms with Gasteiger partial charge in [0.1, 0.15) is 11.1 Å². The first-order valence-electron chi connectivity index (χ1n) is 11.8. The first-order chi connectivity index (χ1) is 18.0. The van der Waals surface area contributed by atoms with Gasteiger partial charge in [-0.1, -0.05) is 61.0 Å². The molecule has 1 amide bonds. The summed E-state index contributed by atoms with van der Waals surface area (Å²) in [5, 5.41) is 21.8. The monoisotopic (exact) mass is 542 g/mol. The SMILES string of the molecule is CCC(Sc1cccc(NC(=S)Nc2ccc(C)cc2)c1)C(=O)Nc1scc(-c2ccccc2)c1C#N. The highest BCUT2D eigenvalue weighted by molar-refractivity contribution is 8.00. The third kappa shape index (κ3) is 6.98. The van der Waals surface area contributed by atoms with Crippen molar-refractivity contribution < 1.29 is 4.79 Å². The molecule has 0 saturated carbocycles. The molecule has 186 valence electrons. The Bertz CT molecular complexity index is 1430. The maximum atomic E-state index is 13.2. The molecule has 4 aromatic rings. The van der Waals surface area contributed by atoms with Gasteiger partial charge in [-0.25, -0.2) is 0 Å². The predicted molar refractivity (Wildman–Crippen MR) is 161 cm³/mol. The normalized spacial score (nSPS) is 11.3. The Morgan fingerprint density at radius 3 is 2.43 bits per heavy atom. The van der Waals surface area contributed by atoms with Crippen molar-refractivity contribution in [1.29, 1.82) is 5.26 Å². The van der Waals surface area contributed by atoms with Crippen molar-refractivity contribution >= 4 is 62.7 Å². The number of aryl methyl sites for hydroxylation is 1. The minimum Gasteiger partial charge on any atom is -0.332 e. The van der Waals surface area contributed by atoms with Crippen LogP contribution in [0.3, 0.4) is 0 Å². The number of amides is 1. The maximum Gasteiger partial charge on any atom is 0.238 e. The van der Waals surface area contributed by atoms with Gasteiger partial charge in [0.15, 0.2) is 5.11 Å². The third-order valence-corrected chi connectivity index (χ3v) is 8.02. The molecule has 0 spiro atoms. The highest BCUT2D eigenvalue weighted by atomic mass is 32.2. The van der Waals surface area contributed by atoms with Crippen LogP contribution in [0.4, 0.5) is 16.4 Å². The molecule has 0 bridgehead atoms. The quantitative estimate of drug-likeness (QED) is 0.155. The summed E-state index contributed by atoms with van der Waals surface area (Å²) in [6.07, 6.45) is 0.639. The summed E-state index contributed by atoms with van der Waals surface area (Å²) in [5.74, 6) is -0.125. The predicted octanol–water partition coefficient (Wildman–Crippen LogP) is 7.91. The molecule has 37 heavy (non-hydrogen) atoms. The number of hydrogen-bond donors (Lipinski definition) is 3. The molecule has 0 fully saturated rings. The lowest BCUT2D eigenvalue weighted by Gasteiger charge is -2.16. The van der Waals surface area contributed by atoms with E-state index < -0.39 is 0 Å². The van der Waals surface area contributed by atoms with Crippen molar-refractivity contribution in [2.24, 2.45) is 0 Å². The summed E-state index contributed by atoms with van der Waals surface area (Å²) in [6, 6.07) is 27.8. The van der Waals surface area contributed by atoms with E-state index in [4.69, 9.17) is 12.2 Å². The Balaban J connectivity index is 1.41. The van der Waals surface area contributed by atoms with Crippen LogP contribution in [-0.2, 0) is 4.79 Å². The van der Waals surface area contributed by atoms with Crippen LogP contribution in [0.25, 0.3) is 11.1 Å². The third-order valence-electron chi connectivity index (χ3n) is 5.57. The summed E-state index contributed by atoms with van der Waals surface area (Å²) in [5.41, 5.74) is 5.21. The van der Waals surface area contributed by atoms with Crippen LogP contribution in [0.5, 0.6) is 0 Å². The number of anilines is 3. The van der Waals surface area contributed by atoms with Crippen molar-refractivity contribution in [2.45, 2.75) is 30.4 Å². The Morgan fingerprint density at radius 2 is 1.73 bits per heavy atom. The molecule has 0 saturated heterocycles. The number of rotatable bonds is 8. The Kier molecular flexibility index (Phi) is 8.96. The maximum absolute atomic E-state index is 13.2. The molecule has 1 aromatic heterocycles. The smallest absolute Gasteiger partial charge is 0.238 e. The molecule has 3 aromatic carbocycles. The fraction of sp³-hybridized carbons (Fsp3) is 0.138. The number of carbonyl (C=O) groups is 1. The second-order valence-electron chi connectivity index (χ2n) is 8.31. The topological polar surface area (TPSA) is 76.9 Å². The fourth-order valence-electron chi connectivity index (χ4n) is 3.65. The molecule has 1 unspecified atom stereocenters. The van der Waals surface area contributed by atoms with E-state index in [0.717, 1.165) is 27.4 Å². The van der Waals surface area contributed by atoms with E-state index in [2.05, 4.69) is 22.0 Å². The van der Waals surface area contributed by atoms with Crippen molar-refractivity contribution in [3.8, 4) is 17.2 Å². The molecule has 4 rings (SSSR count). The van der Waals surface area contributed by atoms with E-state index in [-0.39, 0.29) is 11.2 Å². The van der Waals surface area contributed by atoms with Crippen LogP contribution >= 0.6 is 35.3 Å². The van der Waals surface area contributed by atoms with Gasteiger partial charge in [-0.2, -0.15) is 5.26 Å². The second kappa shape index (κ2) is 12.5. The van der Waals surface area contributed by atoms with Gasteiger partial charge in [0.05, 0.1) is 10.8 Å². The van der Waals surface area contributed by atoms with E-state index in [1.807, 2.05) is 98.1 Å². The van der Waals surface area contributed by atoms with Crippen LogP contribution in [0.1, 0.15) is 24.5 Å². The van der Waals surface area contributed by atoms with Crippen LogP contribution in [0.2, 0.25) is 0 Å². The van der Waals surface area contributed by atoms with E-state index in [1.165, 1.54) is 28.7 Å². The van der Waals surface area contributed by atoms with Gasteiger partial charge >= 0.3 is 0 Å². The molecule has 1 atom stereocenters. The summed E-state index contributed by atoms with van der Waals surface area (Å²) in [6.45, 7) is 4.02. The first kappa shape index (κ1) is 26.4. The highest BCUT2D eigenvalue weighted by Crippen LogP contribution is 2.36. The number of thiocarbonyl (C=S) groups is 1. The summed E-state index contributed by atoms with van der Waals surface area (Å²) in [4.78, 5) is 14.1. The van der Waals surface area contributed by atoms with Gasteiger partial charge in [-0.3, -0.25) is 4.79 Å². The lowest BCUT2D eigenvalue weighted by molar-refractivity contribution is -0.115. The average molecular weight is 543 g/mol. The Morgan fingerprint density at radius 1 is 1.00 bits per heavy atom. The molecule has 0 aliphatic rings. The molecule has 1 heterocycles. The molecule has 0 aliphatic carbocycles. The van der Waals surface area contributed by atoms with E-state index in [9.17, 15) is 10.1 Å². The second-order valence-corrected chi connectivity index (χ2v) is 10.9. The first-order valence-corrected chi connectivity index (χ1v) is 13.9. The number of nitrogens with zero attached hydrogens (tertiary/aromatic N) is 1. The number of benzene rings is 3. The van der Waals surface area contributed by atoms with Gasteiger partial charge in [0, 0.05) is 27.2 Å². The molecular formula is C29H26N4OS3. The number of nitriles is 1. The number of thiophene rings is 1. The Hall–Kier alpha value is -3.64. The highest BCUT2D eigenvalue weighted by Gasteiger charge is 2.22. The zero-order valence-corrected chi connectivity index (χ0v) is 22.9. The van der Waals surface area contributed by atoms with Crippen LogP contribution in [0.15, 0.2) is 89.1 Å². The minimum atomic E-state index is -0.318. The van der Waals surface area contributed by atoms with Crippen molar-refractivity contribution in [3.05, 3.63) is 95.4 Å². The summed E-state index contributed by atoms with van der Waals surface area (Å²) < 4.78 is 0. The number of nitrogens with one attached hydrogen (secondary N) is 3. The van der Waals surface area contributed by atoms with Gasteiger partial charge in [0.2, 0.25) is 5.91 Å². The van der Waals surface area contributed by atoms with E-state index in [1.54, 1.807) is 0 Å². The summed E-state index contributed by atoms with van der Waals surface area (Å²) in [7, 11) is 0. The van der Waals surface area contributed by atoms with Gasteiger partial charge in [-0.05, 0) is 61.5 Å². The van der Waals surface area contributed by atoms with Crippen LogP contribution in [0, 0.1) is 18.3 Å². The van der Waals surface area contributed by atoms with Crippen LogP contribution in [-0.4, -0.2) is 16.3 Å². The molecular weight excluding hydrogens is 517 g/mol. The fourth-order valence-corrected chi connectivity index (χ4v) is 5.82. The summed E-state index contributed by atoms with van der Waals surface area (Å²) >= 11 is 8.32.